The third-order valence-electron chi connectivity index (χ3n) is 0.729. The van der Waals surface area contributed by atoms with Crippen LogP contribution < -0.4 is 0 Å². The smallest absolute Gasteiger partial charge is 0.171 e. The molecule has 0 rings (SSSR count). The standard InChI is InChI=1S/C5H12O4S/c1-8-3-4-9-5-10(2,6)7/h3-5H2,1-2H3. The van der Waals surface area contributed by atoms with Gasteiger partial charge in [0.25, 0.3) is 0 Å². The second-order valence-corrected chi connectivity index (χ2v) is 4.03. The topological polar surface area (TPSA) is 52.6 Å². The number of methoxy groups -OCH3 is 1. The molecule has 10 heavy (non-hydrogen) atoms. The predicted molar refractivity (Wildman–Crippen MR) is 37.5 cm³/mol. The summed E-state index contributed by atoms with van der Waals surface area (Å²) >= 11 is 0. The molecule has 0 aromatic rings. The maximum Gasteiger partial charge on any atom is 0.171 e. The van der Waals surface area contributed by atoms with Crippen LogP contribution in [0, 0.1) is 0 Å². The van der Waals surface area contributed by atoms with Gasteiger partial charge in [0.1, 0.15) is 5.94 Å². The number of ether oxygens (including phenoxy) is 2. The van der Waals surface area contributed by atoms with Gasteiger partial charge in [-0.3, -0.25) is 0 Å². The first-order valence-electron chi connectivity index (χ1n) is 2.80. The van der Waals surface area contributed by atoms with Crippen LogP contribution in [0.5, 0.6) is 0 Å². The van der Waals surface area contributed by atoms with Crippen molar-refractivity contribution in [3.05, 3.63) is 0 Å². The molecule has 0 aliphatic heterocycles. The molecule has 0 unspecified atom stereocenters. The van der Waals surface area contributed by atoms with Crippen LogP contribution in [0.2, 0.25) is 0 Å². The van der Waals surface area contributed by atoms with Gasteiger partial charge in [-0.2, -0.15) is 0 Å². The van der Waals surface area contributed by atoms with Crippen LogP contribution in [0.25, 0.3) is 0 Å². The quantitative estimate of drug-likeness (QED) is 0.527. The molecule has 0 radical (unpaired) electrons. The minimum atomic E-state index is -2.98. The Labute approximate surface area is 61.1 Å². The lowest BCUT2D eigenvalue weighted by Crippen LogP contribution is -2.10. The van der Waals surface area contributed by atoms with Gasteiger partial charge in [-0.05, 0) is 0 Å². The highest BCUT2D eigenvalue weighted by Gasteiger charge is 1.99. The Morgan fingerprint density at radius 2 is 1.90 bits per heavy atom. The van der Waals surface area contributed by atoms with Gasteiger partial charge in [-0.1, -0.05) is 0 Å². The molecule has 0 amide bonds. The molecule has 0 aromatic carbocycles. The fourth-order valence-electron chi connectivity index (χ4n) is 0.353. The van der Waals surface area contributed by atoms with Gasteiger partial charge in [-0.15, -0.1) is 0 Å². The van der Waals surface area contributed by atoms with Gasteiger partial charge in [-0.25, -0.2) is 8.42 Å². The molecular weight excluding hydrogens is 156 g/mol. The van der Waals surface area contributed by atoms with Gasteiger partial charge in [0, 0.05) is 13.4 Å². The highest BCUT2D eigenvalue weighted by molar-refractivity contribution is 7.90. The average molecular weight is 168 g/mol. The van der Waals surface area contributed by atoms with E-state index in [4.69, 9.17) is 4.74 Å². The molecule has 0 fully saturated rings. The van der Waals surface area contributed by atoms with Gasteiger partial charge in [0.05, 0.1) is 13.2 Å². The van der Waals surface area contributed by atoms with Crippen molar-refractivity contribution >= 4 is 9.84 Å². The summed E-state index contributed by atoms with van der Waals surface area (Å²) in [7, 11) is -1.45. The van der Waals surface area contributed by atoms with E-state index in [0.717, 1.165) is 6.26 Å². The fourth-order valence-corrected chi connectivity index (χ4v) is 0.773. The Hall–Kier alpha value is -0.130. The maximum absolute atomic E-state index is 10.4. The lowest BCUT2D eigenvalue weighted by Gasteiger charge is -1.99. The molecule has 0 bridgehead atoms. The third kappa shape index (κ3) is 7.87. The Balaban J connectivity index is 3.21. The van der Waals surface area contributed by atoms with Gasteiger partial charge >= 0.3 is 0 Å². The van der Waals surface area contributed by atoms with E-state index in [1.807, 2.05) is 0 Å². The highest BCUT2D eigenvalue weighted by atomic mass is 32.2. The Kier molecular flexibility index (Phi) is 4.59. The molecule has 4 nitrogen and oxygen atoms in total. The predicted octanol–water partition coefficient (Wildman–Crippen LogP) is -0.348. The number of rotatable bonds is 5. The van der Waals surface area contributed by atoms with Crippen LogP contribution in [-0.2, 0) is 19.3 Å². The Bertz CT molecular complexity index is 160. The van der Waals surface area contributed by atoms with Crippen molar-refractivity contribution < 1.29 is 17.9 Å². The van der Waals surface area contributed by atoms with E-state index in [0.29, 0.717) is 13.2 Å². The molecule has 62 valence electrons. The van der Waals surface area contributed by atoms with Crippen molar-refractivity contribution in [3.8, 4) is 0 Å². The lowest BCUT2D eigenvalue weighted by molar-refractivity contribution is 0.0930. The summed E-state index contributed by atoms with van der Waals surface area (Å²) in [5, 5.41) is 0. The second-order valence-electron chi connectivity index (χ2n) is 1.94. The Morgan fingerprint density at radius 3 is 2.30 bits per heavy atom. The van der Waals surface area contributed by atoms with E-state index < -0.39 is 9.84 Å². The zero-order valence-corrected chi connectivity index (χ0v) is 6.98. The van der Waals surface area contributed by atoms with E-state index in [1.54, 1.807) is 0 Å². The minimum Gasteiger partial charge on any atom is -0.382 e. The third-order valence-corrected chi connectivity index (χ3v) is 1.32. The average Bonchev–Trinajstić information content (AvgIpc) is 1.78. The van der Waals surface area contributed by atoms with Crippen molar-refractivity contribution in [2.75, 3.05) is 32.5 Å². The van der Waals surface area contributed by atoms with Crippen LogP contribution in [0.4, 0.5) is 0 Å². The van der Waals surface area contributed by atoms with E-state index in [2.05, 4.69) is 4.74 Å². The van der Waals surface area contributed by atoms with Gasteiger partial charge in [0.2, 0.25) is 0 Å². The molecule has 0 aliphatic carbocycles. The van der Waals surface area contributed by atoms with Gasteiger partial charge in [0.15, 0.2) is 9.84 Å². The van der Waals surface area contributed by atoms with Crippen LogP contribution in [0.3, 0.4) is 0 Å². The molecular formula is C5H12O4S. The molecule has 0 heterocycles. The molecule has 0 aromatic heterocycles. The minimum absolute atomic E-state index is 0.226. The Morgan fingerprint density at radius 1 is 1.30 bits per heavy atom. The summed E-state index contributed by atoms with van der Waals surface area (Å²) < 4.78 is 30.2. The molecule has 0 saturated heterocycles. The van der Waals surface area contributed by atoms with Crippen LogP contribution in [-0.4, -0.2) is 40.9 Å². The lowest BCUT2D eigenvalue weighted by atomic mass is 10.8. The monoisotopic (exact) mass is 168 g/mol. The van der Waals surface area contributed by atoms with Crippen LogP contribution in [0.15, 0.2) is 0 Å². The van der Waals surface area contributed by atoms with E-state index in [1.165, 1.54) is 7.11 Å². The van der Waals surface area contributed by atoms with E-state index >= 15 is 0 Å². The van der Waals surface area contributed by atoms with E-state index in [9.17, 15) is 8.42 Å². The van der Waals surface area contributed by atoms with Gasteiger partial charge < -0.3 is 9.47 Å². The van der Waals surface area contributed by atoms with Crippen molar-refractivity contribution in [2.24, 2.45) is 0 Å². The maximum atomic E-state index is 10.4. The fraction of sp³-hybridized carbons (Fsp3) is 1.00. The molecule has 0 aliphatic rings. The second kappa shape index (κ2) is 4.65. The first-order chi connectivity index (χ1) is 4.56. The van der Waals surface area contributed by atoms with Crippen molar-refractivity contribution in [3.63, 3.8) is 0 Å². The zero-order chi connectivity index (χ0) is 8.04. The van der Waals surface area contributed by atoms with Crippen LogP contribution in [0.1, 0.15) is 0 Å². The van der Waals surface area contributed by atoms with Crippen LogP contribution >= 0.6 is 0 Å². The summed E-state index contributed by atoms with van der Waals surface area (Å²) in [5.41, 5.74) is 0. The largest absolute Gasteiger partial charge is 0.382 e. The van der Waals surface area contributed by atoms with Crippen molar-refractivity contribution in [2.45, 2.75) is 0 Å². The number of hydrogen-bond acceptors (Lipinski definition) is 4. The normalized spacial score (nSPS) is 11.8. The molecule has 0 atom stereocenters. The molecule has 5 heteroatoms. The number of sulfone groups is 1. The summed E-state index contributed by atoms with van der Waals surface area (Å²) in [6.07, 6.45) is 1.12. The number of hydrogen-bond donors (Lipinski definition) is 0. The zero-order valence-electron chi connectivity index (χ0n) is 6.16. The molecule has 0 saturated carbocycles. The molecule has 0 N–H and O–H groups in total. The summed E-state index contributed by atoms with van der Waals surface area (Å²) in [6, 6.07) is 0. The summed E-state index contributed by atoms with van der Waals surface area (Å²) in [5.74, 6) is -0.226. The SMILES string of the molecule is COCCOCS(C)(=O)=O. The van der Waals surface area contributed by atoms with Crippen molar-refractivity contribution in [1.82, 2.24) is 0 Å². The van der Waals surface area contributed by atoms with Crippen molar-refractivity contribution in [1.29, 1.82) is 0 Å². The first-order valence-corrected chi connectivity index (χ1v) is 4.87. The van der Waals surface area contributed by atoms with E-state index in [-0.39, 0.29) is 5.94 Å². The summed E-state index contributed by atoms with van der Waals surface area (Å²) in [4.78, 5) is 0. The molecule has 0 spiro atoms. The highest BCUT2D eigenvalue weighted by Crippen LogP contribution is 1.84. The first kappa shape index (κ1) is 9.87. The summed E-state index contributed by atoms with van der Waals surface area (Å²) in [6.45, 7) is 0.749.